The van der Waals surface area contributed by atoms with Crippen molar-refractivity contribution in [2.45, 2.75) is 31.8 Å². The SMILES string of the molecule is CC(=O)Oc1ccc(N2C(=O)[C@@H]3[C@H](Cc4c[nH]c5ccccc45)N[C@@]4(C(=O)Nc5ccc(C)cc54)[C@@H]3C2=O)cc1. The van der Waals surface area contributed by atoms with E-state index >= 15 is 0 Å². The first-order valence-electron chi connectivity index (χ1n) is 13.2. The number of nitrogens with zero attached hydrogens (tertiary/aromatic N) is 1. The van der Waals surface area contributed by atoms with Gasteiger partial charge >= 0.3 is 5.97 Å². The van der Waals surface area contributed by atoms with Gasteiger partial charge in [0.15, 0.2) is 0 Å². The van der Waals surface area contributed by atoms with Crippen molar-refractivity contribution >= 4 is 46.0 Å². The highest BCUT2D eigenvalue weighted by Crippen LogP contribution is 2.54. The number of imide groups is 1. The fourth-order valence-corrected chi connectivity index (χ4v) is 6.71. The number of amides is 3. The van der Waals surface area contributed by atoms with Gasteiger partial charge in [0.2, 0.25) is 17.7 Å². The topological polar surface area (TPSA) is 121 Å². The van der Waals surface area contributed by atoms with Crippen molar-refractivity contribution in [1.29, 1.82) is 0 Å². The highest BCUT2D eigenvalue weighted by molar-refractivity contribution is 6.25. The van der Waals surface area contributed by atoms with Gasteiger partial charge in [-0.3, -0.25) is 24.5 Å². The van der Waals surface area contributed by atoms with Crippen molar-refractivity contribution in [3.05, 3.63) is 89.6 Å². The Kier molecular flexibility index (Phi) is 5.24. The molecule has 4 aromatic rings. The summed E-state index contributed by atoms with van der Waals surface area (Å²) in [4.78, 5) is 58.0. The summed E-state index contributed by atoms with van der Waals surface area (Å²) in [6, 6.07) is 19.3. The van der Waals surface area contributed by atoms with Gasteiger partial charge in [0.25, 0.3) is 0 Å². The van der Waals surface area contributed by atoms with Crippen LogP contribution in [0.5, 0.6) is 5.75 Å². The summed E-state index contributed by atoms with van der Waals surface area (Å²) >= 11 is 0. The number of carbonyl (C=O) groups is 4. The van der Waals surface area contributed by atoms with Gasteiger partial charge in [-0.15, -0.1) is 0 Å². The van der Waals surface area contributed by atoms with Crippen LogP contribution in [0.3, 0.4) is 0 Å². The van der Waals surface area contributed by atoms with Crippen molar-refractivity contribution in [3.8, 4) is 5.75 Å². The monoisotopic (exact) mass is 534 g/mol. The Morgan fingerprint density at radius 3 is 2.55 bits per heavy atom. The van der Waals surface area contributed by atoms with E-state index in [9.17, 15) is 19.2 Å². The average Bonchev–Trinajstić information content (AvgIpc) is 3.64. The van der Waals surface area contributed by atoms with Crippen LogP contribution in [0.4, 0.5) is 11.4 Å². The molecule has 0 saturated carbocycles. The molecule has 1 aromatic heterocycles. The minimum Gasteiger partial charge on any atom is -0.427 e. The Labute approximate surface area is 229 Å². The van der Waals surface area contributed by atoms with Crippen molar-refractivity contribution in [1.82, 2.24) is 10.3 Å². The molecule has 4 heterocycles. The number of carbonyl (C=O) groups excluding carboxylic acids is 4. The number of aromatic amines is 1. The molecule has 2 fully saturated rings. The van der Waals surface area contributed by atoms with Crippen molar-refractivity contribution in [3.63, 3.8) is 0 Å². The molecule has 4 atom stereocenters. The van der Waals surface area contributed by atoms with Gasteiger partial charge < -0.3 is 15.0 Å². The van der Waals surface area contributed by atoms with Crippen LogP contribution >= 0.6 is 0 Å². The molecule has 3 amide bonds. The van der Waals surface area contributed by atoms with Gasteiger partial charge in [-0.25, -0.2) is 4.90 Å². The summed E-state index contributed by atoms with van der Waals surface area (Å²) in [6.07, 6.45) is 2.37. The quantitative estimate of drug-likeness (QED) is 0.209. The van der Waals surface area contributed by atoms with Crippen LogP contribution in [0.25, 0.3) is 10.9 Å². The fraction of sp³-hybridized carbons (Fsp3) is 0.226. The number of anilines is 2. The third-order valence-corrected chi connectivity index (χ3v) is 8.34. The molecule has 0 radical (unpaired) electrons. The number of fused-ring (bicyclic) bond motifs is 5. The van der Waals surface area contributed by atoms with E-state index < -0.39 is 35.3 Å². The fourth-order valence-electron chi connectivity index (χ4n) is 6.71. The average molecular weight is 535 g/mol. The molecule has 40 heavy (non-hydrogen) atoms. The lowest BCUT2D eigenvalue weighted by Crippen LogP contribution is -2.53. The number of H-pyrrole nitrogens is 1. The maximum absolute atomic E-state index is 14.2. The van der Waals surface area contributed by atoms with E-state index in [4.69, 9.17) is 4.74 Å². The number of hydrogen-bond acceptors (Lipinski definition) is 6. The number of para-hydroxylation sites is 1. The first-order valence-corrected chi connectivity index (χ1v) is 13.2. The second kappa shape index (κ2) is 8.62. The van der Waals surface area contributed by atoms with Crippen LogP contribution < -0.4 is 20.3 Å². The molecule has 3 aromatic carbocycles. The van der Waals surface area contributed by atoms with Crippen LogP contribution in [0.2, 0.25) is 0 Å². The summed E-state index contributed by atoms with van der Waals surface area (Å²) in [5, 5.41) is 7.50. The second-order valence-electron chi connectivity index (χ2n) is 10.7. The predicted octanol–water partition coefficient (Wildman–Crippen LogP) is 3.57. The first-order chi connectivity index (χ1) is 19.3. The number of nitrogens with one attached hydrogen (secondary N) is 3. The highest BCUT2D eigenvalue weighted by Gasteiger charge is 2.70. The number of esters is 1. The van der Waals surface area contributed by atoms with E-state index in [2.05, 4.69) is 15.6 Å². The summed E-state index contributed by atoms with van der Waals surface area (Å²) in [5.41, 5.74) is 3.22. The predicted molar refractivity (Wildman–Crippen MR) is 148 cm³/mol. The maximum atomic E-state index is 14.2. The molecule has 3 aliphatic heterocycles. The van der Waals surface area contributed by atoms with Gasteiger partial charge in [-0.1, -0.05) is 35.9 Å². The first kappa shape index (κ1) is 24.3. The van der Waals surface area contributed by atoms with Crippen molar-refractivity contribution in [2.75, 3.05) is 10.2 Å². The number of rotatable bonds is 4. The van der Waals surface area contributed by atoms with Crippen LogP contribution in [-0.2, 0) is 31.1 Å². The Bertz CT molecular complexity index is 1740. The smallest absolute Gasteiger partial charge is 0.308 e. The molecule has 7 rings (SSSR count). The zero-order valence-corrected chi connectivity index (χ0v) is 21.9. The molecular weight excluding hydrogens is 508 g/mol. The molecule has 9 heteroatoms. The number of aromatic nitrogens is 1. The number of benzene rings is 3. The Morgan fingerprint density at radius 1 is 1.00 bits per heavy atom. The molecule has 0 aliphatic carbocycles. The zero-order chi connectivity index (χ0) is 27.8. The molecule has 200 valence electrons. The van der Waals surface area contributed by atoms with E-state index in [0.29, 0.717) is 29.1 Å². The lowest BCUT2D eigenvalue weighted by Gasteiger charge is -2.29. The Hall–Kier alpha value is -4.76. The van der Waals surface area contributed by atoms with E-state index in [1.165, 1.54) is 11.8 Å². The number of hydrogen-bond donors (Lipinski definition) is 3. The van der Waals surface area contributed by atoms with Gasteiger partial charge in [0.1, 0.15) is 11.3 Å². The van der Waals surface area contributed by atoms with Gasteiger partial charge in [-0.2, -0.15) is 0 Å². The minimum atomic E-state index is -1.39. The largest absolute Gasteiger partial charge is 0.427 e. The minimum absolute atomic E-state index is 0.311. The highest BCUT2D eigenvalue weighted by atomic mass is 16.5. The van der Waals surface area contributed by atoms with Crippen molar-refractivity contribution < 1.29 is 23.9 Å². The van der Waals surface area contributed by atoms with Gasteiger partial charge in [-0.05, 0) is 55.3 Å². The summed E-state index contributed by atoms with van der Waals surface area (Å²) in [6.45, 7) is 3.24. The third kappa shape index (κ3) is 3.37. The lowest BCUT2D eigenvalue weighted by atomic mass is 9.76. The molecule has 3 N–H and O–H groups in total. The molecule has 2 saturated heterocycles. The van der Waals surface area contributed by atoms with Crippen LogP contribution in [0.1, 0.15) is 23.6 Å². The lowest BCUT2D eigenvalue weighted by molar-refractivity contribution is -0.132. The Balaban J connectivity index is 1.34. The van der Waals surface area contributed by atoms with E-state index in [-0.39, 0.29) is 11.8 Å². The second-order valence-corrected chi connectivity index (χ2v) is 10.7. The van der Waals surface area contributed by atoms with Crippen LogP contribution in [-0.4, -0.2) is 34.7 Å². The zero-order valence-electron chi connectivity index (χ0n) is 21.9. The summed E-state index contributed by atoms with van der Waals surface area (Å²) in [7, 11) is 0. The maximum Gasteiger partial charge on any atom is 0.308 e. The number of aryl methyl sites for hydroxylation is 1. The summed E-state index contributed by atoms with van der Waals surface area (Å²) < 4.78 is 5.12. The van der Waals surface area contributed by atoms with Gasteiger partial charge in [0, 0.05) is 41.3 Å². The number of ether oxygens (including phenoxy) is 1. The van der Waals surface area contributed by atoms with Gasteiger partial charge in [0.05, 0.1) is 17.5 Å². The molecule has 1 spiro atoms. The normalized spacial score (nSPS) is 25.0. The summed E-state index contributed by atoms with van der Waals surface area (Å²) in [5.74, 6) is -3.00. The molecule has 9 nitrogen and oxygen atoms in total. The molecular formula is C31H26N4O5. The standard InChI is InChI=1S/C31H26N4O5/c1-16-7-12-24-22(13-16)31(30(39)33-24)27-26(25(34-31)14-18-15-32-23-6-4-3-5-21(18)23)28(37)35(29(27)38)19-8-10-20(11-9-19)40-17(2)36/h3-13,15,25-27,32,34H,14H2,1-2H3,(H,33,39)/t25-,26+,27-,31+/m0/s1. The van der Waals surface area contributed by atoms with E-state index in [1.54, 1.807) is 24.3 Å². The van der Waals surface area contributed by atoms with E-state index in [1.807, 2.05) is 55.6 Å². The molecule has 0 unspecified atom stereocenters. The molecule has 0 bridgehead atoms. The van der Waals surface area contributed by atoms with Crippen LogP contribution in [0, 0.1) is 18.8 Å². The van der Waals surface area contributed by atoms with E-state index in [0.717, 1.165) is 22.0 Å². The third-order valence-electron chi connectivity index (χ3n) is 8.34. The Morgan fingerprint density at radius 2 is 1.77 bits per heavy atom. The molecule has 3 aliphatic rings. The van der Waals surface area contributed by atoms with Crippen LogP contribution in [0.15, 0.2) is 72.9 Å². The van der Waals surface area contributed by atoms with Crippen molar-refractivity contribution in [2.24, 2.45) is 11.8 Å².